The predicted octanol–water partition coefficient (Wildman–Crippen LogP) is 4.57. The van der Waals surface area contributed by atoms with Gasteiger partial charge in [-0.05, 0) is 64.2 Å². The Morgan fingerprint density at radius 3 is 2.36 bits per heavy atom. The molecule has 0 aliphatic carbocycles. The SMILES string of the molecule is COc1cc(/C=N\NC(=O)CN(c2c(C)cccc2C)S(C)(=O)=O)cc(Br)c1OCc1ccccc1. The van der Waals surface area contributed by atoms with Gasteiger partial charge in [0.05, 0.1) is 29.7 Å². The van der Waals surface area contributed by atoms with Crippen molar-refractivity contribution in [2.45, 2.75) is 20.5 Å². The standard InChI is InChI=1S/C26H28BrN3O5S/c1-18-9-8-10-19(2)25(18)30(36(4,32)33)16-24(31)29-28-15-21-13-22(27)26(23(14-21)34-3)35-17-20-11-6-5-7-12-20/h5-15H,16-17H2,1-4H3,(H,29,31)/b28-15-. The third-order valence-electron chi connectivity index (χ3n) is 5.26. The monoisotopic (exact) mass is 573 g/mol. The van der Waals surface area contributed by atoms with E-state index in [2.05, 4.69) is 26.5 Å². The van der Waals surface area contributed by atoms with Crippen LogP contribution in [-0.2, 0) is 21.4 Å². The molecule has 0 saturated heterocycles. The summed E-state index contributed by atoms with van der Waals surface area (Å²) >= 11 is 3.50. The number of halogens is 1. The number of rotatable bonds is 10. The van der Waals surface area contributed by atoms with E-state index in [9.17, 15) is 13.2 Å². The zero-order chi connectivity index (χ0) is 26.3. The first-order valence-electron chi connectivity index (χ1n) is 11.0. The molecule has 0 aliphatic heterocycles. The van der Waals surface area contributed by atoms with Crippen LogP contribution in [0.15, 0.2) is 70.2 Å². The van der Waals surface area contributed by atoms with E-state index >= 15 is 0 Å². The number of nitrogens with one attached hydrogen (secondary N) is 1. The first-order valence-corrected chi connectivity index (χ1v) is 13.6. The van der Waals surface area contributed by atoms with Crippen molar-refractivity contribution in [3.8, 4) is 11.5 Å². The van der Waals surface area contributed by atoms with E-state index < -0.39 is 22.5 Å². The average molecular weight is 574 g/mol. The van der Waals surface area contributed by atoms with Crippen LogP contribution in [0.1, 0.15) is 22.3 Å². The van der Waals surface area contributed by atoms with Crippen LogP contribution in [0.25, 0.3) is 0 Å². The molecule has 10 heteroatoms. The Kier molecular flexibility index (Phi) is 9.11. The van der Waals surface area contributed by atoms with Gasteiger partial charge in [-0.1, -0.05) is 48.5 Å². The fourth-order valence-corrected chi connectivity index (χ4v) is 5.14. The Morgan fingerprint density at radius 1 is 1.08 bits per heavy atom. The molecule has 8 nitrogen and oxygen atoms in total. The maximum atomic E-state index is 12.6. The van der Waals surface area contributed by atoms with Crippen LogP contribution in [0.3, 0.4) is 0 Å². The summed E-state index contributed by atoms with van der Waals surface area (Å²) in [6.45, 7) is 3.57. The maximum absolute atomic E-state index is 12.6. The van der Waals surface area contributed by atoms with E-state index in [1.807, 2.05) is 36.4 Å². The highest BCUT2D eigenvalue weighted by Crippen LogP contribution is 2.37. The van der Waals surface area contributed by atoms with Crippen molar-refractivity contribution in [2.75, 3.05) is 24.2 Å². The third kappa shape index (κ3) is 7.08. The van der Waals surface area contributed by atoms with Crippen molar-refractivity contribution in [3.05, 3.63) is 87.4 Å². The summed E-state index contributed by atoms with van der Waals surface area (Å²) in [6, 6.07) is 18.7. The molecule has 1 N–H and O–H groups in total. The number of hydrogen-bond donors (Lipinski definition) is 1. The van der Waals surface area contributed by atoms with Crippen molar-refractivity contribution >= 4 is 43.8 Å². The minimum absolute atomic E-state index is 0.372. The number of benzene rings is 3. The van der Waals surface area contributed by atoms with Crippen molar-refractivity contribution < 1.29 is 22.7 Å². The van der Waals surface area contributed by atoms with Crippen LogP contribution >= 0.6 is 15.9 Å². The van der Waals surface area contributed by atoms with Gasteiger partial charge >= 0.3 is 0 Å². The quantitative estimate of drug-likeness (QED) is 0.283. The minimum atomic E-state index is -3.70. The number of hydrazone groups is 1. The lowest BCUT2D eigenvalue weighted by atomic mass is 10.1. The summed E-state index contributed by atoms with van der Waals surface area (Å²) in [5.41, 5.74) is 6.05. The lowest BCUT2D eigenvalue weighted by Crippen LogP contribution is -2.39. The maximum Gasteiger partial charge on any atom is 0.260 e. The summed E-state index contributed by atoms with van der Waals surface area (Å²) in [4.78, 5) is 12.6. The highest BCUT2D eigenvalue weighted by Gasteiger charge is 2.23. The topological polar surface area (TPSA) is 97.3 Å². The molecule has 0 unspecified atom stereocenters. The summed E-state index contributed by atoms with van der Waals surface area (Å²) in [5, 5.41) is 3.99. The van der Waals surface area contributed by atoms with Crippen LogP contribution < -0.4 is 19.2 Å². The van der Waals surface area contributed by atoms with Gasteiger partial charge in [0, 0.05) is 0 Å². The second-order valence-electron chi connectivity index (χ2n) is 8.11. The molecule has 3 rings (SSSR count). The largest absolute Gasteiger partial charge is 0.493 e. The molecule has 0 aromatic heterocycles. The molecule has 0 bridgehead atoms. The molecule has 0 atom stereocenters. The van der Waals surface area contributed by atoms with E-state index in [0.717, 1.165) is 27.3 Å². The Labute approximate surface area is 220 Å². The van der Waals surface area contributed by atoms with Gasteiger partial charge in [0.1, 0.15) is 13.2 Å². The number of carbonyl (C=O) groups excluding carboxylic acids is 1. The number of amides is 1. The molecule has 0 spiro atoms. The zero-order valence-corrected chi connectivity index (χ0v) is 22.9. The van der Waals surface area contributed by atoms with Crippen LogP contribution in [0.4, 0.5) is 5.69 Å². The fourth-order valence-electron chi connectivity index (χ4n) is 3.59. The van der Waals surface area contributed by atoms with E-state index in [0.29, 0.717) is 33.8 Å². The summed E-state index contributed by atoms with van der Waals surface area (Å²) < 4.78 is 38.0. The molecule has 36 heavy (non-hydrogen) atoms. The molecule has 0 radical (unpaired) electrons. The smallest absolute Gasteiger partial charge is 0.260 e. The van der Waals surface area contributed by atoms with Crippen molar-refractivity contribution in [1.29, 1.82) is 0 Å². The third-order valence-corrected chi connectivity index (χ3v) is 6.96. The Morgan fingerprint density at radius 2 is 1.75 bits per heavy atom. The highest BCUT2D eigenvalue weighted by molar-refractivity contribution is 9.10. The first kappa shape index (κ1) is 27.2. The second kappa shape index (κ2) is 12.0. The Bertz CT molecular complexity index is 1340. The summed E-state index contributed by atoms with van der Waals surface area (Å²) in [5.74, 6) is 0.458. The normalized spacial score (nSPS) is 11.4. The van der Waals surface area contributed by atoms with E-state index in [-0.39, 0.29) is 0 Å². The number of methoxy groups -OCH3 is 1. The number of ether oxygens (including phenoxy) is 2. The number of carbonyl (C=O) groups is 1. The second-order valence-corrected chi connectivity index (χ2v) is 10.9. The number of sulfonamides is 1. The molecule has 1 amide bonds. The van der Waals surface area contributed by atoms with Crippen molar-refractivity contribution in [3.63, 3.8) is 0 Å². The first-order chi connectivity index (χ1) is 17.1. The summed E-state index contributed by atoms with van der Waals surface area (Å²) in [7, 11) is -2.16. The number of hydrogen-bond acceptors (Lipinski definition) is 6. The highest BCUT2D eigenvalue weighted by atomic mass is 79.9. The van der Waals surface area contributed by atoms with Gasteiger partial charge in [-0.3, -0.25) is 9.10 Å². The van der Waals surface area contributed by atoms with Gasteiger partial charge in [0.2, 0.25) is 10.0 Å². The number of aryl methyl sites for hydroxylation is 2. The van der Waals surface area contributed by atoms with E-state index in [1.54, 1.807) is 38.1 Å². The predicted molar refractivity (Wildman–Crippen MR) is 145 cm³/mol. The van der Waals surface area contributed by atoms with Gasteiger partial charge in [0.25, 0.3) is 5.91 Å². The van der Waals surface area contributed by atoms with Gasteiger partial charge in [0.15, 0.2) is 11.5 Å². The van der Waals surface area contributed by atoms with Crippen LogP contribution in [0.2, 0.25) is 0 Å². The molecule has 0 saturated carbocycles. The molecular formula is C26H28BrN3O5S. The molecule has 0 heterocycles. The number of nitrogens with zero attached hydrogens (tertiary/aromatic N) is 2. The van der Waals surface area contributed by atoms with Gasteiger partial charge < -0.3 is 9.47 Å². The van der Waals surface area contributed by atoms with Crippen LogP contribution in [0, 0.1) is 13.8 Å². The minimum Gasteiger partial charge on any atom is -0.493 e. The van der Waals surface area contributed by atoms with Crippen LogP contribution in [-0.4, -0.2) is 40.4 Å². The van der Waals surface area contributed by atoms with Crippen LogP contribution in [0.5, 0.6) is 11.5 Å². The van der Waals surface area contributed by atoms with E-state index in [1.165, 1.54) is 13.3 Å². The Hall–Kier alpha value is -3.37. The lowest BCUT2D eigenvalue weighted by Gasteiger charge is -2.25. The van der Waals surface area contributed by atoms with Gasteiger partial charge in [-0.15, -0.1) is 0 Å². The molecule has 3 aromatic rings. The average Bonchev–Trinajstić information content (AvgIpc) is 2.82. The van der Waals surface area contributed by atoms with Gasteiger partial charge in [-0.2, -0.15) is 5.10 Å². The molecule has 190 valence electrons. The Balaban J connectivity index is 1.71. The summed E-state index contributed by atoms with van der Waals surface area (Å²) in [6.07, 6.45) is 2.51. The van der Waals surface area contributed by atoms with Crippen molar-refractivity contribution in [1.82, 2.24) is 5.43 Å². The van der Waals surface area contributed by atoms with Crippen molar-refractivity contribution in [2.24, 2.45) is 5.10 Å². The van der Waals surface area contributed by atoms with E-state index in [4.69, 9.17) is 9.47 Å². The zero-order valence-electron chi connectivity index (χ0n) is 20.5. The fraction of sp³-hybridized carbons (Fsp3) is 0.231. The molecular weight excluding hydrogens is 546 g/mol. The molecule has 0 aliphatic rings. The number of anilines is 1. The molecule has 3 aromatic carbocycles. The van der Waals surface area contributed by atoms with Gasteiger partial charge in [-0.25, -0.2) is 13.8 Å². The number of para-hydroxylation sites is 1. The lowest BCUT2D eigenvalue weighted by molar-refractivity contribution is -0.119. The molecule has 0 fully saturated rings.